The standard InChI is InChI=1S/C17H14ClN3OS2/c1-10-6-8-11(9-7-10)21-15(19)14(24-17(21)23)16(22)20-13-5-3-2-4-12(13)18/h2-9H,19H2,1H3,(H,20,22). The number of nitrogens with two attached hydrogens (primary N) is 1. The number of nitrogens with zero attached hydrogens (tertiary/aromatic N) is 1. The average Bonchev–Trinajstić information content (AvgIpc) is 2.85. The second kappa shape index (κ2) is 6.76. The number of carbonyl (C=O) groups excluding carboxylic acids is 1. The zero-order valence-electron chi connectivity index (χ0n) is 12.7. The van der Waals surface area contributed by atoms with Crippen molar-refractivity contribution in [1.29, 1.82) is 0 Å². The molecule has 7 heteroatoms. The average molecular weight is 376 g/mol. The summed E-state index contributed by atoms with van der Waals surface area (Å²) in [5, 5.41) is 3.23. The lowest BCUT2D eigenvalue weighted by Gasteiger charge is -2.08. The van der Waals surface area contributed by atoms with Crippen LogP contribution < -0.4 is 11.1 Å². The van der Waals surface area contributed by atoms with Crippen LogP contribution in [0.3, 0.4) is 0 Å². The smallest absolute Gasteiger partial charge is 0.269 e. The molecule has 0 spiro atoms. The molecule has 122 valence electrons. The van der Waals surface area contributed by atoms with E-state index in [1.807, 2.05) is 31.2 Å². The number of benzene rings is 2. The van der Waals surface area contributed by atoms with Crippen molar-refractivity contribution in [3.8, 4) is 5.69 Å². The van der Waals surface area contributed by atoms with Gasteiger partial charge in [-0.25, -0.2) is 0 Å². The van der Waals surface area contributed by atoms with Gasteiger partial charge in [0, 0.05) is 5.69 Å². The van der Waals surface area contributed by atoms with Crippen LogP contribution in [0.5, 0.6) is 0 Å². The molecule has 0 radical (unpaired) electrons. The van der Waals surface area contributed by atoms with Crippen LogP contribution in [0.1, 0.15) is 15.2 Å². The maximum Gasteiger partial charge on any atom is 0.269 e. The van der Waals surface area contributed by atoms with Gasteiger partial charge in [0.1, 0.15) is 10.7 Å². The fraction of sp³-hybridized carbons (Fsp3) is 0.0588. The van der Waals surface area contributed by atoms with E-state index in [0.29, 0.717) is 25.4 Å². The zero-order chi connectivity index (χ0) is 17.3. The first-order valence-corrected chi connectivity index (χ1v) is 8.72. The number of hydrogen-bond acceptors (Lipinski definition) is 4. The largest absolute Gasteiger partial charge is 0.383 e. The number of rotatable bonds is 3. The van der Waals surface area contributed by atoms with Crippen LogP contribution in [0.15, 0.2) is 48.5 Å². The van der Waals surface area contributed by atoms with Crippen molar-refractivity contribution in [3.05, 3.63) is 67.9 Å². The maximum absolute atomic E-state index is 12.5. The normalized spacial score (nSPS) is 10.6. The van der Waals surface area contributed by atoms with Gasteiger partial charge in [0.25, 0.3) is 5.91 Å². The molecule has 0 saturated heterocycles. The van der Waals surface area contributed by atoms with E-state index in [4.69, 9.17) is 29.6 Å². The molecule has 2 aromatic carbocycles. The van der Waals surface area contributed by atoms with Crippen LogP contribution in [0.2, 0.25) is 5.02 Å². The molecule has 24 heavy (non-hydrogen) atoms. The van der Waals surface area contributed by atoms with Crippen molar-refractivity contribution < 1.29 is 4.79 Å². The molecule has 3 rings (SSSR count). The lowest BCUT2D eigenvalue weighted by Crippen LogP contribution is -2.13. The minimum atomic E-state index is -0.331. The first-order valence-electron chi connectivity index (χ1n) is 7.11. The first-order chi connectivity index (χ1) is 11.5. The summed E-state index contributed by atoms with van der Waals surface area (Å²) in [6, 6.07) is 14.8. The second-order valence-corrected chi connectivity index (χ2v) is 7.24. The van der Waals surface area contributed by atoms with Crippen LogP contribution >= 0.6 is 35.2 Å². The lowest BCUT2D eigenvalue weighted by atomic mass is 10.2. The Morgan fingerprint density at radius 1 is 1.21 bits per heavy atom. The number of thiazole rings is 1. The molecular weight excluding hydrogens is 362 g/mol. The van der Waals surface area contributed by atoms with Crippen molar-refractivity contribution in [1.82, 2.24) is 4.57 Å². The molecule has 0 saturated carbocycles. The first kappa shape index (κ1) is 16.7. The number of halogens is 1. The summed E-state index contributed by atoms with van der Waals surface area (Å²) in [6.07, 6.45) is 0. The van der Waals surface area contributed by atoms with Gasteiger partial charge in [-0.15, -0.1) is 0 Å². The van der Waals surface area contributed by atoms with E-state index in [-0.39, 0.29) is 5.91 Å². The van der Waals surface area contributed by atoms with Crippen LogP contribution in [-0.4, -0.2) is 10.5 Å². The van der Waals surface area contributed by atoms with Crippen molar-refractivity contribution in [2.45, 2.75) is 6.92 Å². The van der Waals surface area contributed by atoms with Crippen LogP contribution in [0.4, 0.5) is 11.5 Å². The quantitative estimate of drug-likeness (QED) is 0.628. The van der Waals surface area contributed by atoms with Gasteiger partial charge in [-0.3, -0.25) is 9.36 Å². The van der Waals surface area contributed by atoms with E-state index >= 15 is 0 Å². The van der Waals surface area contributed by atoms with Crippen molar-refractivity contribution >= 4 is 52.6 Å². The van der Waals surface area contributed by atoms with E-state index in [1.54, 1.807) is 28.8 Å². The third-order valence-electron chi connectivity index (χ3n) is 3.47. The van der Waals surface area contributed by atoms with Crippen molar-refractivity contribution in [2.24, 2.45) is 0 Å². The Kier molecular flexibility index (Phi) is 4.71. The molecule has 1 aromatic heterocycles. The molecule has 0 fully saturated rings. The van der Waals surface area contributed by atoms with E-state index < -0.39 is 0 Å². The lowest BCUT2D eigenvalue weighted by molar-refractivity contribution is 0.103. The Morgan fingerprint density at radius 3 is 2.54 bits per heavy atom. The Labute approximate surface area is 153 Å². The van der Waals surface area contributed by atoms with E-state index in [1.165, 1.54) is 11.3 Å². The summed E-state index contributed by atoms with van der Waals surface area (Å²) >= 11 is 12.6. The minimum absolute atomic E-state index is 0.318. The summed E-state index contributed by atoms with van der Waals surface area (Å²) in [6.45, 7) is 2.00. The van der Waals surface area contributed by atoms with Crippen LogP contribution in [0, 0.1) is 10.9 Å². The molecule has 0 atom stereocenters. The topological polar surface area (TPSA) is 60.0 Å². The maximum atomic E-state index is 12.5. The van der Waals surface area contributed by atoms with Gasteiger partial charge in [-0.2, -0.15) is 0 Å². The van der Waals surface area contributed by atoms with E-state index in [0.717, 1.165) is 11.3 Å². The van der Waals surface area contributed by atoms with Crippen LogP contribution in [0.25, 0.3) is 5.69 Å². The SMILES string of the molecule is Cc1ccc(-n2c(N)c(C(=O)Nc3ccccc3Cl)sc2=S)cc1. The Balaban J connectivity index is 1.97. The molecule has 0 bridgehead atoms. The van der Waals surface area contributed by atoms with E-state index in [2.05, 4.69) is 5.32 Å². The van der Waals surface area contributed by atoms with Gasteiger partial charge in [0.05, 0.1) is 10.7 Å². The highest BCUT2D eigenvalue weighted by Crippen LogP contribution is 2.28. The van der Waals surface area contributed by atoms with E-state index in [9.17, 15) is 4.79 Å². The zero-order valence-corrected chi connectivity index (χ0v) is 15.1. The minimum Gasteiger partial charge on any atom is -0.383 e. The number of hydrogen-bond donors (Lipinski definition) is 2. The Hall–Kier alpha value is -2.15. The number of nitrogen functional groups attached to an aromatic ring is 1. The fourth-order valence-corrected chi connectivity index (χ4v) is 3.67. The number of anilines is 2. The van der Waals surface area contributed by atoms with Gasteiger partial charge in [0.15, 0.2) is 3.95 Å². The summed E-state index contributed by atoms with van der Waals surface area (Å²) in [4.78, 5) is 12.9. The van der Waals surface area contributed by atoms with Gasteiger partial charge >= 0.3 is 0 Å². The number of nitrogens with one attached hydrogen (secondary N) is 1. The monoisotopic (exact) mass is 375 g/mol. The highest BCUT2D eigenvalue weighted by Gasteiger charge is 2.18. The van der Waals surface area contributed by atoms with Crippen molar-refractivity contribution in [3.63, 3.8) is 0 Å². The molecule has 0 aliphatic rings. The predicted molar refractivity (Wildman–Crippen MR) is 103 cm³/mol. The summed E-state index contributed by atoms with van der Waals surface area (Å²) in [5.41, 5.74) is 8.68. The van der Waals surface area contributed by atoms with Crippen molar-refractivity contribution in [2.75, 3.05) is 11.1 Å². The third-order valence-corrected chi connectivity index (χ3v) is 5.18. The van der Waals surface area contributed by atoms with Gasteiger partial charge in [-0.05, 0) is 43.4 Å². The molecular formula is C17H14ClN3OS2. The number of aromatic nitrogens is 1. The number of para-hydroxylation sites is 1. The molecule has 4 nitrogen and oxygen atoms in total. The molecule has 3 N–H and O–H groups in total. The molecule has 1 amide bonds. The molecule has 0 unspecified atom stereocenters. The summed E-state index contributed by atoms with van der Waals surface area (Å²) < 4.78 is 2.21. The molecule has 0 aliphatic heterocycles. The Morgan fingerprint density at radius 2 is 1.88 bits per heavy atom. The molecule has 0 aliphatic carbocycles. The highest BCUT2D eigenvalue weighted by atomic mass is 35.5. The molecule has 3 aromatic rings. The fourth-order valence-electron chi connectivity index (χ4n) is 2.23. The van der Waals surface area contributed by atoms with Crippen LogP contribution in [-0.2, 0) is 0 Å². The van der Waals surface area contributed by atoms with Gasteiger partial charge in [-0.1, -0.05) is 52.8 Å². The summed E-state index contributed by atoms with van der Waals surface area (Å²) in [5.74, 6) is -0.0130. The number of carbonyl (C=O) groups is 1. The number of aryl methyl sites for hydroxylation is 1. The van der Waals surface area contributed by atoms with Gasteiger partial charge in [0.2, 0.25) is 0 Å². The predicted octanol–water partition coefficient (Wildman–Crippen LogP) is 5.06. The molecule has 1 heterocycles. The third kappa shape index (κ3) is 3.21. The second-order valence-electron chi connectivity index (χ2n) is 5.19. The Bertz CT molecular complexity index is 961. The van der Waals surface area contributed by atoms with Gasteiger partial charge < -0.3 is 11.1 Å². The summed E-state index contributed by atoms with van der Waals surface area (Å²) in [7, 11) is 0. The highest BCUT2D eigenvalue weighted by molar-refractivity contribution is 7.73. The number of amides is 1.